The Morgan fingerprint density at radius 3 is 2.74 bits per heavy atom. The molecule has 4 rings (SSSR count). The van der Waals surface area contributed by atoms with Gasteiger partial charge in [-0.05, 0) is 30.3 Å². The number of aliphatic hydroxyl groups excluding tert-OH is 3. The Morgan fingerprint density at radius 2 is 1.97 bits per heavy atom. The second-order valence-electron chi connectivity index (χ2n) is 7.53. The molecule has 0 saturated carbocycles. The first-order valence-electron chi connectivity index (χ1n) is 10.5. The van der Waals surface area contributed by atoms with Crippen LogP contribution in [0.15, 0.2) is 48.7 Å². The lowest BCUT2D eigenvalue weighted by Crippen LogP contribution is -2.46. The fraction of sp³-hybridized carbons (Fsp3) is 0.318. The normalized spacial score (nSPS) is 15.1. The molecule has 2 aromatic heterocycles. The molecule has 1 aliphatic heterocycles. The molecule has 3 aromatic rings. The highest BCUT2D eigenvalue weighted by molar-refractivity contribution is 5.67. The van der Waals surface area contributed by atoms with Crippen molar-refractivity contribution in [3.8, 4) is 23.0 Å². The summed E-state index contributed by atoms with van der Waals surface area (Å²) >= 11 is 0. The van der Waals surface area contributed by atoms with Crippen molar-refractivity contribution >= 4 is 11.6 Å². The lowest BCUT2D eigenvalue weighted by molar-refractivity contribution is -0.137. The number of halogens is 3. The van der Waals surface area contributed by atoms with Gasteiger partial charge in [-0.2, -0.15) is 18.2 Å². The van der Waals surface area contributed by atoms with Gasteiger partial charge in [0.2, 0.25) is 6.35 Å². The maximum Gasteiger partial charge on any atom is 0.416 e. The lowest BCUT2D eigenvalue weighted by Gasteiger charge is -2.34. The summed E-state index contributed by atoms with van der Waals surface area (Å²) < 4.78 is 50.2. The van der Waals surface area contributed by atoms with E-state index in [1.807, 2.05) is 0 Å². The summed E-state index contributed by atoms with van der Waals surface area (Å²) in [4.78, 5) is 13.9. The van der Waals surface area contributed by atoms with Gasteiger partial charge in [-0.25, -0.2) is 9.97 Å². The first kappa shape index (κ1) is 24.4. The zero-order valence-electron chi connectivity index (χ0n) is 18.2. The maximum atomic E-state index is 13.1. The van der Waals surface area contributed by atoms with Gasteiger partial charge in [0, 0.05) is 11.8 Å². The molecular formula is C22H22F3N5O5. The van der Waals surface area contributed by atoms with Crippen molar-refractivity contribution in [3.05, 3.63) is 54.2 Å². The summed E-state index contributed by atoms with van der Waals surface area (Å²) in [5.74, 6) is 0.795. The van der Waals surface area contributed by atoms with E-state index in [0.717, 1.165) is 12.1 Å². The Bertz CT molecular complexity index is 1170. The fourth-order valence-corrected chi connectivity index (χ4v) is 3.29. The van der Waals surface area contributed by atoms with Gasteiger partial charge >= 0.3 is 12.2 Å². The highest BCUT2D eigenvalue weighted by Crippen LogP contribution is 2.35. The van der Waals surface area contributed by atoms with Gasteiger partial charge in [0.15, 0.2) is 11.6 Å². The number of anilines is 2. The molecule has 35 heavy (non-hydrogen) atoms. The molecular weight excluding hydrogens is 471 g/mol. The maximum absolute atomic E-state index is 13.1. The SMILES string of the molecule is OCC(O)COc1nccc(NC(O)N2CCOc3ccc(-c4cccc(C(F)(F)F)c4)nc32)n1. The molecule has 2 atom stereocenters. The number of pyridine rings is 1. The molecule has 0 radical (unpaired) electrons. The summed E-state index contributed by atoms with van der Waals surface area (Å²) in [5.41, 5.74) is -0.256. The Kier molecular flexibility index (Phi) is 7.19. The van der Waals surface area contributed by atoms with E-state index < -0.39 is 30.8 Å². The smallest absolute Gasteiger partial charge is 0.416 e. The number of hydrogen-bond donors (Lipinski definition) is 4. The van der Waals surface area contributed by atoms with E-state index in [2.05, 4.69) is 20.3 Å². The van der Waals surface area contributed by atoms with E-state index in [-0.39, 0.29) is 48.7 Å². The standard InChI is InChI=1S/C22H22F3N5O5/c23-22(24,25)14-3-1-2-13(10-14)16-4-5-17-19(27-16)30(8-9-34-17)21(33)29-18-6-7-26-20(28-18)35-12-15(32)11-31/h1-7,10,15,21,31-33H,8-9,11-12H2,(H,26,28,29). The van der Waals surface area contributed by atoms with Crippen LogP contribution in [0.1, 0.15) is 5.56 Å². The molecule has 3 heterocycles. The van der Waals surface area contributed by atoms with Crippen molar-refractivity contribution in [1.82, 2.24) is 15.0 Å². The lowest BCUT2D eigenvalue weighted by atomic mass is 10.1. The summed E-state index contributed by atoms with van der Waals surface area (Å²) in [7, 11) is 0. The third-order valence-corrected chi connectivity index (χ3v) is 5.01. The third-order valence-electron chi connectivity index (χ3n) is 5.01. The number of ether oxygens (including phenoxy) is 2. The molecule has 0 aliphatic carbocycles. The van der Waals surface area contributed by atoms with Gasteiger partial charge in [0.1, 0.15) is 25.1 Å². The highest BCUT2D eigenvalue weighted by atomic mass is 19.4. The van der Waals surface area contributed by atoms with Gasteiger partial charge in [0.25, 0.3) is 0 Å². The van der Waals surface area contributed by atoms with E-state index in [1.54, 1.807) is 12.1 Å². The summed E-state index contributed by atoms with van der Waals surface area (Å²) in [6, 6.07) is 9.34. The Hall–Kier alpha value is -3.68. The molecule has 13 heteroatoms. The quantitative estimate of drug-likeness (QED) is 0.345. The van der Waals surface area contributed by atoms with Crippen LogP contribution < -0.4 is 19.7 Å². The van der Waals surface area contributed by atoms with E-state index in [9.17, 15) is 23.4 Å². The number of nitrogens with zero attached hydrogens (tertiary/aromatic N) is 4. The monoisotopic (exact) mass is 493 g/mol. The molecule has 10 nitrogen and oxygen atoms in total. The third kappa shape index (κ3) is 5.88. The second-order valence-corrected chi connectivity index (χ2v) is 7.53. The molecule has 4 N–H and O–H groups in total. The Labute approximate surface area is 197 Å². The van der Waals surface area contributed by atoms with Crippen LogP contribution in [0.3, 0.4) is 0 Å². The number of rotatable bonds is 8. The predicted molar refractivity (Wildman–Crippen MR) is 118 cm³/mol. The zero-order valence-corrected chi connectivity index (χ0v) is 18.2. The molecule has 0 fully saturated rings. The molecule has 0 spiro atoms. The van der Waals surface area contributed by atoms with Crippen LogP contribution in [0.2, 0.25) is 0 Å². The molecule has 0 amide bonds. The van der Waals surface area contributed by atoms with Gasteiger partial charge < -0.3 is 35.0 Å². The van der Waals surface area contributed by atoms with Crippen LogP contribution in [0, 0.1) is 0 Å². The number of nitrogens with one attached hydrogen (secondary N) is 1. The average molecular weight is 493 g/mol. The van der Waals surface area contributed by atoms with E-state index >= 15 is 0 Å². The zero-order chi connectivity index (χ0) is 25.0. The van der Waals surface area contributed by atoms with Crippen LogP contribution in [-0.4, -0.2) is 69.1 Å². The molecule has 0 bridgehead atoms. The molecule has 186 valence electrons. The minimum absolute atomic E-state index is 0.0814. The van der Waals surface area contributed by atoms with E-state index in [1.165, 1.54) is 29.3 Å². The Balaban J connectivity index is 1.54. The first-order chi connectivity index (χ1) is 16.7. The minimum atomic E-state index is -4.49. The number of aliphatic hydroxyl groups is 3. The Morgan fingerprint density at radius 1 is 1.14 bits per heavy atom. The fourth-order valence-electron chi connectivity index (χ4n) is 3.29. The van der Waals surface area contributed by atoms with Crippen molar-refractivity contribution in [3.63, 3.8) is 0 Å². The van der Waals surface area contributed by atoms with Crippen LogP contribution in [0.4, 0.5) is 24.8 Å². The number of aromatic nitrogens is 3. The van der Waals surface area contributed by atoms with E-state index in [4.69, 9.17) is 14.6 Å². The molecule has 2 unspecified atom stereocenters. The van der Waals surface area contributed by atoms with Crippen molar-refractivity contribution in [1.29, 1.82) is 0 Å². The van der Waals surface area contributed by atoms with Gasteiger partial charge in [-0.3, -0.25) is 0 Å². The minimum Gasteiger partial charge on any atom is -0.488 e. The second kappa shape index (κ2) is 10.3. The predicted octanol–water partition coefficient (Wildman–Crippen LogP) is 1.88. The largest absolute Gasteiger partial charge is 0.488 e. The van der Waals surface area contributed by atoms with Crippen molar-refractivity contribution < 1.29 is 38.0 Å². The number of hydrogen-bond acceptors (Lipinski definition) is 10. The number of alkyl halides is 3. The molecule has 1 aromatic carbocycles. The van der Waals surface area contributed by atoms with Crippen LogP contribution in [0.25, 0.3) is 11.3 Å². The van der Waals surface area contributed by atoms with Crippen molar-refractivity contribution in [2.24, 2.45) is 0 Å². The average Bonchev–Trinajstić information content (AvgIpc) is 2.86. The van der Waals surface area contributed by atoms with Crippen LogP contribution >= 0.6 is 0 Å². The molecule has 1 aliphatic rings. The summed E-state index contributed by atoms with van der Waals surface area (Å²) in [6.07, 6.45) is -5.54. The van der Waals surface area contributed by atoms with Gasteiger partial charge in [-0.1, -0.05) is 12.1 Å². The van der Waals surface area contributed by atoms with Crippen molar-refractivity contribution in [2.45, 2.75) is 18.6 Å². The van der Waals surface area contributed by atoms with E-state index in [0.29, 0.717) is 5.75 Å². The summed E-state index contributed by atoms with van der Waals surface area (Å²) in [6.45, 7) is -0.227. The molecule has 0 saturated heterocycles. The first-order valence-corrected chi connectivity index (χ1v) is 10.5. The van der Waals surface area contributed by atoms with Gasteiger partial charge in [0.05, 0.1) is 24.4 Å². The van der Waals surface area contributed by atoms with Crippen LogP contribution in [-0.2, 0) is 6.18 Å². The van der Waals surface area contributed by atoms with Crippen LogP contribution in [0.5, 0.6) is 11.8 Å². The number of benzene rings is 1. The summed E-state index contributed by atoms with van der Waals surface area (Å²) in [5, 5.41) is 31.9. The van der Waals surface area contributed by atoms with Gasteiger partial charge in [-0.15, -0.1) is 0 Å². The van der Waals surface area contributed by atoms with Crippen molar-refractivity contribution in [2.75, 3.05) is 36.6 Å². The number of fused-ring (bicyclic) bond motifs is 1. The highest BCUT2D eigenvalue weighted by Gasteiger charge is 2.31. The topological polar surface area (TPSA) is 133 Å².